The number of hydrogen-bond donors (Lipinski definition) is 2. The minimum Gasteiger partial charge on any atom is -0.390 e. The van der Waals surface area contributed by atoms with Gasteiger partial charge in [-0.15, -0.1) is 0 Å². The highest BCUT2D eigenvalue weighted by molar-refractivity contribution is 7.91. The maximum absolute atomic E-state index is 11.5. The number of sulfone groups is 1. The zero-order chi connectivity index (χ0) is 15.6. The third-order valence-corrected chi connectivity index (χ3v) is 6.33. The van der Waals surface area contributed by atoms with Gasteiger partial charge in [-0.3, -0.25) is 4.90 Å². The van der Waals surface area contributed by atoms with Crippen molar-refractivity contribution in [2.45, 2.75) is 37.6 Å². The van der Waals surface area contributed by atoms with Crippen LogP contribution in [0.2, 0.25) is 0 Å². The molecule has 0 amide bonds. The minimum absolute atomic E-state index is 0.0679. The molecule has 2 heterocycles. The Bertz CT molecular complexity index is 583. The normalized spacial score (nSPS) is 29.7. The van der Waals surface area contributed by atoms with E-state index in [0.717, 1.165) is 32.5 Å². The topological polar surface area (TPSA) is 69.6 Å². The Kier molecular flexibility index (Phi) is 4.82. The Hall–Kier alpha value is -0.950. The molecule has 0 radical (unpaired) electrons. The number of rotatable bonds is 4. The highest BCUT2D eigenvalue weighted by atomic mass is 32.2. The lowest BCUT2D eigenvalue weighted by Gasteiger charge is -2.34. The van der Waals surface area contributed by atoms with Gasteiger partial charge < -0.3 is 10.4 Å². The maximum Gasteiger partial charge on any atom is 0.154 e. The maximum atomic E-state index is 11.5. The molecule has 2 fully saturated rings. The molecule has 0 aromatic heterocycles. The van der Waals surface area contributed by atoms with Gasteiger partial charge in [0.05, 0.1) is 17.6 Å². The number of hydrogen-bond acceptors (Lipinski definition) is 5. The van der Waals surface area contributed by atoms with E-state index in [2.05, 4.69) is 34.5 Å². The highest BCUT2D eigenvalue weighted by Crippen LogP contribution is 2.18. The summed E-state index contributed by atoms with van der Waals surface area (Å²) >= 11 is 0. The number of aliphatic hydroxyl groups excluding tert-OH is 1. The van der Waals surface area contributed by atoms with Gasteiger partial charge in [-0.05, 0) is 31.5 Å². The summed E-state index contributed by atoms with van der Waals surface area (Å²) in [5.41, 5.74) is 1.33. The van der Waals surface area contributed by atoms with Crippen LogP contribution in [0.4, 0.5) is 0 Å². The van der Waals surface area contributed by atoms with E-state index in [1.807, 2.05) is 6.07 Å². The first-order valence-electron chi connectivity index (χ1n) is 7.93. The molecule has 122 valence electrons. The van der Waals surface area contributed by atoms with Crippen molar-refractivity contribution in [2.75, 3.05) is 24.6 Å². The lowest BCUT2D eigenvalue weighted by Crippen LogP contribution is -2.49. The van der Waals surface area contributed by atoms with Gasteiger partial charge in [-0.1, -0.05) is 30.3 Å². The monoisotopic (exact) mass is 324 g/mol. The number of nitrogens with zero attached hydrogens (tertiary/aromatic N) is 1. The van der Waals surface area contributed by atoms with E-state index in [9.17, 15) is 13.5 Å². The zero-order valence-corrected chi connectivity index (χ0v) is 13.5. The number of benzene rings is 1. The zero-order valence-electron chi connectivity index (χ0n) is 12.7. The third-order valence-electron chi connectivity index (χ3n) is 4.61. The molecule has 2 atom stereocenters. The van der Waals surface area contributed by atoms with E-state index in [4.69, 9.17) is 0 Å². The molecule has 0 saturated carbocycles. The molecule has 1 aromatic rings. The summed E-state index contributed by atoms with van der Waals surface area (Å²) in [6.07, 6.45) is 1.24. The molecule has 0 aliphatic carbocycles. The van der Waals surface area contributed by atoms with Gasteiger partial charge in [0.25, 0.3) is 0 Å². The SMILES string of the molecule is O=S1(=O)C[C@H](O)[C@H](NC2CCN(Cc3ccccc3)CC2)C1. The molecule has 1 aromatic carbocycles. The Balaban J connectivity index is 1.46. The summed E-state index contributed by atoms with van der Waals surface area (Å²) in [5.74, 6) is -0.0318. The summed E-state index contributed by atoms with van der Waals surface area (Å²) in [7, 11) is -3.07. The van der Waals surface area contributed by atoms with Crippen LogP contribution in [0.1, 0.15) is 18.4 Å². The molecular formula is C16H24N2O3S. The standard InChI is InChI=1S/C16H24N2O3S/c19-16-12-22(20,21)11-15(16)17-14-6-8-18(9-7-14)10-13-4-2-1-3-5-13/h1-5,14-17,19H,6-12H2/t15-,16+/m1/s1. The van der Waals surface area contributed by atoms with E-state index in [1.54, 1.807) is 0 Å². The molecule has 2 aliphatic heterocycles. The lowest BCUT2D eigenvalue weighted by molar-refractivity contribution is 0.136. The van der Waals surface area contributed by atoms with E-state index < -0.39 is 15.9 Å². The molecule has 5 nitrogen and oxygen atoms in total. The molecule has 6 heteroatoms. The fourth-order valence-electron chi connectivity index (χ4n) is 3.39. The summed E-state index contributed by atoms with van der Waals surface area (Å²) in [6.45, 7) is 2.97. The fraction of sp³-hybridized carbons (Fsp3) is 0.625. The molecule has 0 bridgehead atoms. The van der Waals surface area contributed by atoms with Crippen LogP contribution in [0.15, 0.2) is 30.3 Å². The third kappa shape index (κ3) is 4.07. The average Bonchev–Trinajstić information content (AvgIpc) is 2.74. The average molecular weight is 324 g/mol. The number of likely N-dealkylation sites (tertiary alicyclic amines) is 1. The van der Waals surface area contributed by atoms with Crippen LogP contribution in [0.3, 0.4) is 0 Å². The summed E-state index contributed by atoms with van der Waals surface area (Å²) < 4.78 is 23.1. The minimum atomic E-state index is -3.07. The van der Waals surface area contributed by atoms with Crippen LogP contribution in [-0.2, 0) is 16.4 Å². The van der Waals surface area contributed by atoms with Crippen LogP contribution in [0.25, 0.3) is 0 Å². The van der Waals surface area contributed by atoms with Crippen molar-refractivity contribution in [3.63, 3.8) is 0 Å². The van der Waals surface area contributed by atoms with Gasteiger partial charge in [-0.2, -0.15) is 0 Å². The molecule has 2 aliphatic rings. The van der Waals surface area contributed by atoms with Crippen molar-refractivity contribution >= 4 is 9.84 Å². The molecule has 0 unspecified atom stereocenters. The molecule has 3 rings (SSSR count). The first-order valence-corrected chi connectivity index (χ1v) is 9.75. The lowest BCUT2D eigenvalue weighted by atomic mass is 10.0. The van der Waals surface area contributed by atoms with Crippen LogP contribution >= 0.6 is 0 Å². The van der Waals surface area contributed by atoms with Crippen molar-refractivity contribution < 1.29 is 13.5 Å². The van der Waals surface area contributed by atoms with E-state index in [1.165, 1.54) is 5.56 Å². The van der Waals surface area contributed by atoms with Crippen LogP contribution in [0, 0.1) is 0 Å². The van der Waals surface area contributed by atoms with Crippen LogP contribution in [-0.4, -0.2) is 61.2 Å². The first kappa shape index (κ1) is 15.9. The number of piperidine rings is 1. The summed E-state index contributed by atoms with van der Waals surface area (Å²) in [4.78, 5) is 2.43. The molecule has 22 heavy (non-hydrogen) atoms. The van der Waals surface area contributed by atoms with Gasteiger partial charge >= 0.3 is 0 Å². The molecule has 2 N–H and O–H groups in total. The Labute approximate surface area is 132 Å². The fourth-order valence-corrected chi connectivity index (χ4v) is 5.14. The number of aliphatic hydroxyl groups is 1. The van der Waals surface area contributed by atoms with Gasteiger partial charge in [0.1, 0.15) is 0 Å². The second kappa shape index (κ2) is 6.66. The number of nitrogens with one attached hydrogen (secondary N) is 1. The van der Waals surface area contributed by atoms with Crippen LogP contribution < -0.4 is 5.32 Å². The van der Waals surface area contributed by atoms with Crippen LogP contribution in [0.5, 0.6) is 0 Å². The summed E-state index contributed by atoms with van der Waals surface area (Å²) in [6, 6.07) is 10.4. The molecule has 0 spiro atoms. The van der Waals surface area contributed by atoms with Crippen molar-refractivity contribution in [2.24, 2.45) is 0 Å². The Morgan fingerprint density at radius 3 is 2.41 bits per heavy atom. The predicted molar refractivity (Wildman–Crippen MR) is 86.3 cm³/mol. The van der Waals surface area contributed by atoms with Gasteiger partial charge in [-0.25, -0.2) is 8.42 Å². The first-order chi connectivity index (χ1) is 10.5. The van der Waals surface area contributed by atoms with Crippen molar-refractivity contribution in [3.8, 4) is 0 Å². The van der Waals surface area contributed by atoms with Crippen molar-refractivity contribution in [1.29, 1.82) is 0 Å². The Morgan fingerprint density at radius 2 is 1.82 bits per heavy atom. The summed E-state index contributed by atoms with van der Waals surface area (Å²) in [5, 5.41) is 13.2. The van der Waals surface area contributed by atoms with Gasteiger partial charge in [0.15, 0.2) is 9.84 Å². The largest absolute Gasteiger partial charge is 0.390 e. The smallest absolute Gasteiger partial charge is 0.154 e. The van der Waals surface area contributed by atoms with Crippen molar-refractivity contribution in [3.05, 3.63) is 35.9 Å². The predicted octanol–water partition coefficient (Wildman–Crippen LogP) is 0.399. The quantitative estimate of drug-likeness (QED) is 0.839. The van der Waals surface area contributed by atoms with Gasteiger partial charge in [0, 0.05) is 18.6 Å². The molecule has 2 saturated heterocycles. The van der Waals surface area contributed by atoms with Crippen molar-refractivity contribution in [1.82, 2.24) is 10.2 Å². The van der Waals surface area contributed by atoms with E-state index in [-0.39, 0.29) is 17.5 Å². The second-order valence-electron chi connectivity index (χ2n) is 6.45. The Morgan fingerprint density at radius 1 is 1.14 bits per heavy atom. The second-order valence-corrected chi connectivity index (χ2v) is 8.61. The van der Waals surface area contributed by atoms with E-state index >= 15 is 0 Å². The highest BCUT2D eigenvalue weighted by Gasteiger charge is 2.37. The molecular weight excluding hydrogens is 300 g/mol. The van der Waals surface area contributed by atoms with E-state index in [0.29, 0.717) is 6.04 Å². The van der Waals surface area contributed by atoms with Gasteiger partial charge in [0.2, 0.25) is 0 Å².